The summed E-state index contributed by atoms with van der Waals surface area (Å²) in [4.78, 5) is 24.0. The molecule has 1 rings (SSSR count). The molecule has 0 aromatic carbocycles. The van der Waals surface area contributed by atoms with Crippen LogP contribution in [0.4, 0.5) is 0 Å². The maximum absolute atomic E-state index is 12.1. The number of hydrogen-bond donors (Lipinski definition) is 2. The third-order valence-corrected chi connectivity index (χ3v) is 4.44. The smallest absolute Gasteiger partial charge is 0.328 e. The van der Waals surface area contributed by atoms with Crippen LogP contribution in [0.1, 0.15) is 47.3 Å². The van der Waals surface area contributed by atoms with Crippen LogP contribution in [0.3, 0.4) is 0 Å². The highest BCUT2D eigenvalue weighted by molar-refractivity contribution is 7.15. The second-order valence-electron chi connectivity index (χ2n) is 5.53. The molecule has 0 bridgehead atoms. The Morgan fingerprint density at radius 2 is 2.10 bits per heavy atom. The van der Waals surface area contributed by atoms with E-state index in [0.717, 1.165) is 22.9 Å². The normalized spacial score (nSPS) is 11.8. The van der Waals surface area contributed by atoms with Gasteiger partial charge in [-0.2, -0.15) is 0 Å². The number of carbonyl (C=O) groups is 2. The highest BCUT2D eigenvalue weighted by Gasteiger charge is 2.18. The monoisotopic (exact) mass is 295 g/mol. The minimum Gasteiger partial charge on any atom is -0.478 e. The summed E-state index contributed by atoms with van der Waals surface area (Å²) in [6.45, 7) is 8.79. The Kier molecular flexibility index (Phi) is 5.51. The molecule has 0 saturated carbocycles. The molecule has 0 radical (unpaired) electrons. The Morgan fingerprint density at radius 1 is 1.45 bits per heavy atom. The van der Waals surface area contributed by atoms with Crippen LogP contribution in [-0.2, 0) is 4.79 Å². The first kappa shape index (κ1) is 16.4. The van der Waals surface area contributed by atoms with Crippen molar-refractivity contribution in [1.29, 1.82) is 0 Å². The maximum Gasteiger partial charge on any atom is 0.328 e. The van der Waals surface area contributed by atoms with E-state index < -0.39 is 5.97 Å². The van der Waals surface area contributed by atoms with E-state index in [1.165, 1.54) is 17.4 Å². The van der Waals surface area contributed by atoms with Gasteiger partial charge in [0, 0.05) is 17.5 Å². The number of thiophene rings is 1. The molecule has 1 amide bonds. The molecule has 0 unspecified atom stereocenters. The largest absolute Gasteiger partial charge is 0.478 e. The molecule has 0 atom stereocenters. The number of carboxylic acid groups (broad SMARTS) is 1. The van der Waals surface area contributed by atoms with Crippen molar-refractivity contribution in [3.05, 3.63) is 27.5 Å². The number of rotatable bonds is 6. The molecule has 20 heavy (non-hydrogen) atoms. The van der Waals surface area contributed by atoms with Crippen molar-refractivity contribution in [3.8, 4) is 0 Å². The Balaban J connectivity index is 2.75. The second kappa shape index (κ2) is 6.70. The van der Waals surface area contributed by atoms with Crippen molar-refractivity contribution in [1.82, 2.24) is 5.32 Å². The van der Waals surface area contributed by atoms with Crippen molar-refractivity contribution < 1.29 is 14.7 Å². The maximum atomic E-state index is 12.1. The van der Waals surface area contributed by atoms with E-state index in [1.54, 1.807) is 6.07 Å². The minimum absolute atomic E-state index is 0.0774. The summed E-state index contributed by atoms with van der Waals surface area (Å²) in [5.41, 5.74) is 0.987. The molecule has 110 valence electrons. The van der Waals surface area contributed by atoms with Gasteiger partial charge < -0.3 is 10.4 Å². The van der Waals surface area contributed by atoms with Crippen LogP contribution >= 0.6 is 11.3 Å². The lowest BCUT2D eigenvalue weighted by Gasteiger charge is -2.22. The van der Waals surface area contributed by atoms with Crippen LogP contribution in [0, 0.1) is 12.3 Å². The highest BCUT2D eigenvalue weighted by atomic mass is 32.1. The molecule has 2 N–H and O–H groups in total. The zero-order valence-corrected chi connectivity index (χ0v) is 13.1. The minimum atomic E-state index is -0.992. The van der Waals surface area contributed by atoms with Crippen molar-refractivity contribution in [3.63, 3.8) is 0 Å². The van der Waals surface area contributed by atoms with Crippen LogP contribution in [-0.4, -0.2) is 23.5 Å². The van der Waals surface area contributed by atoms with Crippen LogP contribution in [0.5, 0.6) is 0 Å². The quantitative estimate of drug-likeness (QED) is 0.791. The molecular weight excluding hydrogens is 274 g/mol. The number of carbonyl (C=O) groups excluding carboxylic acids is 1. The van der Waals surface area contributed by atoms with Gasteiger partial charge in [0.2, 0.25) is 0 Å². The van der Waals surface area contributed by atoms with Gasteiger partial charge in [-0.25, -0.2) is 4.79 Å². The fraction of sp³-hybridized carbons (Fsp3) is 0.467. The highest BCUT2D eigenvalue weighted by Crippen LogP contribution is 2.24. The predicted molar refractivity (Wildman–Crippen MR) is 82.1 cm³/mol. The summed E-state index contributed by atoms with van der Waals surface area (Å²) in [5.74, 6) is -1.09. The summed E-state index contributed by atoms with van der Waals surface area (Å²) in [6.07, 6.45) is 3.60. The lowest BCUT2D eigenvalue weighted by atomic mass is 9.90. The molecule has 0 saturated heterocycles. The predicted octanol–water partition coefficient (Wildman–Crippen LogP) is 3.32. The van der Waals surface area contributed by atoms with Gasteiger partial charge in [-0.15, -0.1) is 11.3 Å². The summed E-state index contributed by atoms with van der Waals surface area (Å²) in [7, 11) is 0. The van der Waals surface area contributed by atoms with E-state index in [4.69, 9.17) is 5.11 Å². The molecule has 0 aliphatic heterocycles. The summed E-state index contributed by atoms with van der Waals surface area (Å²) in [6, 6.07) is 1.79. The van der Waals surface area contributed by atoms with Crippen LogP contribution in [0.15, 0.2) is 12.1 Å². The van der Waals surface area contributed by atoms with Gasteiger partial charge in [0.1, 0.15) is 0 Å². The van der Waals surface area contributed by atoms with Crippen molar-refractivity contribution in [2.45, 2.75) is 34.1 Å². The first-order valence-electron chi connectivity index (χ1n) is 6.55. The Hall–Kier alpha value is -1.62. The molecule has 0 fully saturated rings. The van der Waals surface area contributed by atoms with Gasteiger partial charge >= 0.3 is 5.97 Å². The van der Waals surface area contributed by atoms with Gasteiger partial charge in [-0.05, 0) is 36.5 Å². The SMILES string of the molecule is CCC(C)(C)CNC(=O)c1cc(C)c(/C=C/C(=O)O)s1. The first-order chi connectivity index (χ1) is 9.25. The number of nitrogens with one attached hydrogen (secondary N) is 1. The fourth-order valence-electron chi connectivity index (χ4n) is 1.45. The van der Waals surface area contributed by atoms with Crippen molar-refractivity contribution >= 4 is 29.3 Å². The van der Waals surface area contributed by atoms with E-state index in [9.17, 15) is 9.59 Å². The van der Waals surface area contributed by atoms with Gasteiger partial charge in [0.05, 0.1) is 4.88 Å². The standard InChI is InChI=1S/C15H21NO3S/c1-5-15(3,4)9-16-14(19)12-8-10(2)11(20-12)6-7-13(17)18/h6-8H,5,9H2,1-4H3,(H,16,19)(H,17,18)/b7-6+. The molecule has 0 aliphatic rings. The number of aliphatic carboxylic acids is 1. The lowest BCUT2D eigenvalue weighted by Crippen LogP contribution is -2.33. The van der Waals surface area contributed by atoms with Crippen LogP contribution in [0.25, 0.3) is 6.08 Å². The number of aryl methyl sites for hydroxylation is 1. The number of carboxylic acids is 1. The topological polar surface area (TPSA) is 66.4 Å². The molecule has 4 nitrogen and oxygen atoms in total. The molecule has 1 aromatic heterocycles. The second-order valence-corrected chi connectivity index (χ2v) is 6.61. The zero-order chi connectivity index (χ0) is 15.3. The van der Waals surface area contributed by atoms with Crippen molar-refractivity contribution in [2.75, 3.05) is 6.54 Å². The first-order valence-corrected chi connectivity index (χ1v) is 7.36. The summed E-state index contributed by atoms with van der Waals surface area (Å²) in [5, 5.41) is 11.5. The van der Waals surface area contributed by atoms with Crippen molar-refractivity contribution in [2.24, 2.45) is 5.41 Å². The molecule has 1 aromatic rings. The number of hydrogen-bond acceptors (Lipinski definition) is 3. The molecular formula is C15H21NO3S. The summed E-state index contributed by atoms with van der Waals surface area (Å²) >= 11 is 1.31. The van der Waals surface area contributed by atoms with E-state index >= 15 is 0 Å². The molecule has 5 heteroatoms. The average Bonchev–Trinajstić information content (AvgIpc) is 2.75. The molecule has 1 heterocycles. The fourth-order valence-corrected chi connectivity index (χ4v) is 2.45. The van der Waals surface area contributed by atoms with Crippen LogP contribution in [0.2, 0.25) is 0 Å². The molecule has 0 aliphatic carbocycles. The summed E-state index contributed by atoms with van der Waals surface area (Å²) < 4.78 is 0. The Labute approximate surface area is 123 Å². The van der Waals surface area contributed by atoms with E-state index in [2.05, 4.69) is 26.1 Å². The molecule has 0 spiro atoms. The van der Waals surface area contributed by atoms with Gasteiger partial charge in [0.15, 0.2) is 0 Å². The lowest BCUT2D eigenvalue weighted by molar-refractivity contribution is -0.131. The third kappa shape index (κ3) is 4.81. The third-order valence-electron chi connectivity index (χ3n) is 3.24. The average molecular weight is 295 g/mol. The van der Waals surface area contributed by atoms with Gasteiger partial charge in [-0.3, -0.25) is 4.79 Å². The van der Waals surface area contributed by atoms with E-state index in [0.29, 0.717) is 11.4 Å². The van der Waals surface area contributed by atoms with Gasteiger partial charge in [0.25, 0.3) is 5.91 Å². The number of amides is 1. The van der Waals surface area contributed by atoms with E-state index in [-0.39, 0.29) is 11.3 Å². The zero-order valence-electron chi connectivity index (χ0n) is 12.3. The van der Waals surface area contributed by atoms with Gasteiger partial charge in [-0.1, -0.05) is 20.8 Å². The Bertz CT molecular complexity index is 529. The Morgan fingerprint density at radius 3 is 2.65 bits per heavy atom. The van der Waals surface area contributed by atoms with Crippen LogP contribution < -0.4 is 5.32 Å². The van der Waals surface area contributed by atoms with E-state index in [1.807, 2.05) is 6.92 Å².